The number of nitriles is 1. The summed E-state index contributed by atoms with van der Waals surface area (Å²) in [5.41, 5.74) is 0.898. The first-order valence-electron chi connectivity index (χ1n) is 6.12. The minimum atomic E-state index is -3.41. The Morgan fingerprint density at radius 2 is 2.15 bits per heavy atom. The van der Waals surface area contributed by atoms with E-state index in [1.54, 1.807) is 18.2 Å². The molecule has 1 aromatic rings. The fourth-order valence-electron chi connectivity index (χ4n) is 1.64. The number of nitrogens with one attached hydrogen (secondary N) is 1. The third kappa shape index (κ3) is 4.99. The van der Waals surface area contributed by atoms with E-state index in [9.17, 15) is 13.2 Å². The Balaban J connectivity index is 2.73. The minimum Gasteiger partial charge on any atom is -0.325 e. The van der Waals surface area contributed by atoms with Crippen molar-refractivity contribution in [1.29, 1.82) is 5.26 Å². The Morgan fingerprint density at radius 1 is 1.45 bits per heavy atom. The summed E-state index contributed by atoms with van der Waals surface area (Å²) in [5, 5.41) is 11.3. The van der Waals surface area contributed by atoms with E-state index in [1.165, 1.54) is 6.07 Å². The average molecular weight is 295 g/mol. The molecule has 1 amide bonds. The second kappa shape index (κ2) is 7.03. The monoisotopic (exact) mass is 295 g/mol. The number of carbonyl (C=O) groups excluding carboxylic acids is 1. The summed E-state index contributed by atoms with van der Waals surface area (Å²) in [6.45, 7) is 1.90. The number of carbonyl (C=O) groups is 1. The summed E-state index contributed by atoms with van der Waals surface area (Å²) < 4.78 is 24.1. The number of sulfonamides is 1. The summed E-state index contributed by atoms with van der Waals surface area (Å²) in [4.78, 5) is 11.8. The molecule has 0 fully saturated rings. The van der Waals surface area contributed by atoms with Crippen LogP contribution in [0.5, 0.6) is 0 Å². The molecule has 6 nitrogen and oxygen atoms in total. The van der Waals surface area contributed by atoms with E-state index in [2.05, 4.69) is 5.32 Å². The van der Waals surface area contributed by atoms with E-state index in [0.29, 0.717) is 24.2 Å². The maximum absolute atomic E-state index is 11.8. The molecule has 0 bridgehead atoms. The number of anilines is 1. The van der Waals surface area contributed by atoms with Crippen LogP contribution in [0.3, 0.4) is 0 Å². The van der Waals surface area contributed by atoms with Crippen molar-refractivity contribution < 1.29 is 13.2 Å². The van der Waals surface area contributed by atoms with Crippen molar-refractivity contribution >= 4 is 21.6 Å². The van der Waals surface area contributed by atoms with Crippen molar-refractivity contribution in [3.63, 3.8) is 0 Å². The second-order valence-electron chi connectivity index (χ2n) is 4.34. The van der Waals surface area contributed by atoms with Gasteiger partial charge in [-0.15, -0.1) is 0 Å². The minimum absolute atomic E-state index is 0.233. The van der Waals surface area contributed by atoms with E-state index in [4.69, 9.17) is 5.26 Å². The molecule has 0 aliphatic heterocycles. The summed E-state index contributed by atoms with van der Waals surface area (Å²) in [6, 6.07) is 8.41. The van der Waals surface area contributed by atoms with Crippen LogP contribution in [-0.2, 0) is 14.8 Å². The first-order chi connectivity index (χ1) is 9.36. The Bertz CT molecular complexity index is 620. The zero-order valence-corrected chi connectivity index (χ0v) is 12.3. The maximum Gasteiger partial charge on any atom is 0.239 e. The normalized spacial score (nSPS) is 11.1. The van der Waals surface area contributed by atoms with Crippen molar-refractivity contribution in [3.8, 4) is 6.07 Å². The van der Waals surface area contributed by atoms with Gasteiger partial charge in [0.2, 0.25) is 15.9 Å². The molecule has 1 N–H and O–H groups in total. The van der Waals surface area contributed by atoms with Gasteiger partial charge in [0.15, 0.2) is 0 Å². The van der Waals surface area contributed by atoms with Gasteiger partial charge < -0.3 is 5.32 Å². The topological polar surface area (TPSA) is 90.3 Å². The lowest BCUT2D eigenvalue weighted by molar-refractivity contribution is -0.116. The highest BCUT2D eigenvalue weighted by Gasteiger charge is 2.19. The van der Waals surface area contributed by atoms with Crippen LogP contribution in [0.2, 0.25) is 0 Å². The van der Waals surface area contributed by atoms with Crippen LogP contribution < -0.4 is 5.32 Å². The predicted molar refractivity (Wildman–Crippen MR) is 76.5 cm³/mol. The van der Waals surface area contributed by atoms with Crippen molar-refractivity contribution in [3.05, 3.63) is 29.8 Å². The van der Waals surface area contributed by atoms with E-state index in [1.807, 2.05) is 13.0 Å². The number of hydrogen-bond acceptors (Lipinski definition) is 4. The third-order valence-electron chi connectivity index (χ3n) is 2.54. The molecule has 108 valence electrons. The van der Waals surface area contributed by atoms with Crippen molar-refractivity contribution in [1.82, 2.24) is 4.31 Å². The average Bonchev–Trinajstić information content (AvgIpc) is 2.37. The molecular weight excluding hydrogens is 278 g/mol. The van der Waals surface area contributed by atoms with Gasteiger partial charge in [-0.1, -0.05) is 13.0 Å². The molecule has 0 saturated heterocycles. The first-order valence-corrected chi connectivity index (χ1v) is 7.96. The molecule has 20 heavy (non-hydrogen) atoms. The largest absolute Gasteiger partial charge is 0.325 e. The predicted octanol–water partition coefficient (Wildman–Crippen LogP) is 1.17. The number of hydrogen-bond donors (Lipinski definition) is 1. The molecule has 0 atom stereocenters. The van der Waals surface area contributed by atoms with Crippen LogP contribution in [0.1, 0.15) is 18.9 Å². The zero-order chi connectivity index (χ0) is 15.2. The van der Waals surface area contributed by atoms with Crippen LogP contribution >= 0.6 is 0 Å². The van der Waals surface area contributed by atoms with E-state index >= 15 is 0 Å². The molecule has 0 spiro atoms. The number of nitrogens with zero attached hydrogens (tertiary/aromatic N) is 2. The molecule has 7 heteroatoms. The van der Waals surface area contributed by atoms with Gasteiger partial charge >= 0.3 is 0 Å². The van der Waals surface area contributed by atoms with Gasteiger partial charge in [0.1, 0.15) is 0 Å². The number of benzene rings is 1. The van der Waals surface area contributed by atoms with E-state index < -0.39 is 15.9 Å². The highest BCUT2D eigenvalue weighted by Crippen LogP contribution is 2.10. The van der Waals surface area contributed by atoms with Gasteiger partial charge in [-0.05, 0) is 24.6 Å². The Morgan fingerprint density at radius 3 is 2.70 bits per heavy atom. The van der Waals surface area contributed by atoms with Crippen LogP contribution in [0.4, 0.5) is 5.69 Å². The summed E-state index contributed by atoms with van der Waals surface area (Å²) in [5.74, 6) is -0.432. The summed E-state index contributed by atoms with van der Waals surface area (Å²) in [6.07, 6.45) is 1.70. The Kier molecular flexibility index (Phi) is 5.67. The fourth-order valence-corrected chi connectivity index (χ4v) is 2.50. The lowest BCUT2D eigenvalue weighted by atomic mass is 10.2. The van der Waals surface area contributed by atoms with Crippen LogP contribution in [0.25, 0.3) is 0 Å². The second-order valence-corrected chi connectivity index (χ2v) is 6.32. The molecule has 1 rings (SSSR count). The third-order valence-corrected chi connectivity index (χ3v) is 3.79. The Labute approximate surface area is 119 Å². The lowest BCUT2D eigenvalue weighted by Crippen LogP contribution is -2.37. The maximum atomic E-state index is 11.8. The highest BCUT2D eigenvalue weighted by atomic mass is 32.2. The fraction of sp³-hybridized carbons (Fsp3) is 0.385. The smallest absolute Gasteiger partial charge is 0.239 e. The zero-order valence-electron chi connectivity index (χ0n) is 11.5. The van der Waals surface area contributed by atoms with Crippen LogP contribution in [0.15, 0.2) is 24.3 Å². The summed E-state index contributed by atoms with van der Waals surface area (Å²) >= 11 is 0. The van der Waals surface area contributed by atoms with Crippen molar-refractivity contribution in [2.24, 2.45) is 0 Å². The van der Waals surface area contributed by atoms with E-state index in [-0.39, 0.29) is 6.54 Å². The molecule has 0 aliphatic carbocycles. The standard InChI is InChI=1S/C13H17N3O3S/c1-3-7-16(20(2,18)19)10-13(17)15-12-6-4-5-11(8-12)9-14/h4-6,8H,3,7,10H2,1-2H3,(H,15,17). The molecule has 1 aromatic carbocycles. The van der Waals surface area contributed by atoms with Gasteiger partial charge in [0.25, 0.3) is 0 Å². The van der Waals surface area contributed by atoms with Gasteiger partial charge in [0, 0.05) is 12.2 Å². The molecule has 0 aliphatic rings. The molecule has 0 saturated carbocycles. The highest BCUT2D eigenvalue weighted by molar-refractivity contribution is 7.88. The van der Waals surface area contributed by atoms with Crippen LogP contribution in [-0.4, -0.2) is 38.0 Å². The molecule has 0 unspecified atom stereocenters. The molecule has 0 radical (unpaired) electrons. The van der Waals surface area contributed by atoms with Crippen LogP contribution in [0, 0.1) is 11.3 Å². The summed E-state index contributed by atoms with van der Waals surface area (Å²) in [7, 11) is -3.41. The van der Waals surface area contributed by atoms with Crippen molar-refractivity contribution in [2.75, 3.05) is 24.7 Å². The first kappa shape index (κ1) is 16.1. The van der Waals surface area contributed by atoms with E-state index in [0.717, 1.165) is 10.6 Å². The number of amides is 1. The quantitative estimate of drug-likeness (QED) is 0.853. The lowest BCUT2D eigenvalue weighted by Gasteiger charge is -2.18. The Hall–Kier alpha value is -1.91. The molecule has 0 aromatic heterocycles. The van der Waals surface area contributed by atoms with Gasteiger partial charge in [-0.2, -0.15) is 9.57 Å². The SMILES string of the molecule is CCCN(CC(=O)Nc1cccc(C#N)c1)S(C)(=O)=O. The molecular formula is C13H17N3O3S. The van der Waals surface area contributed by atoms with Crippen molar-refractivity contribution in [2.45, 2.75) is 13.3 Å². The van der Waals surface area contributed by atoms with Gasteiger partial charge in [0.05, 0.1) is 24.4 Å². The van der Waals surface area contributed by atoms with Gasteiger partial charge in [-0.3, -0.25) is 4.79 Å². The molecule has 0 heterocycles. The number of rotatable bonds is 6. The van der Waals surface area contributed by atoms with Gasteiger partial charge in [-0.25, -0.2) is 8.42 Å².